The fourth-order valence-electron chi connectivity index (χ4n) is 1.44. The molecule has 3 heteroatoms. The Labute approximate surface area is 102 Å². The second-order valence-electron chi connectivity index (χ2n) is 4.90. The van der Waals surface area contributed by atoms with E-state index in [1.807, 2.05) is 20.8 Å². The first kappa shape index (κ1) is 13.4. The molecule has 0 saturated carbocycles. The van der Waals surface area contributed by atoms with Crippen molar-refractivity contribution in [3.8, 4) is 0 Å². The highest BCUT2D eigenvalue weighted by atomic mass is 16.5. The molecule has 0 aliphatic rings. The Hall–Kier alpha value is -1.64. The second-order valence-corrected chi connectivity index (χ2v) is 4.90. The Morgan fingerprint density at radius 1 is 1.12 bits per heavy atom. The van der Waals surface area contributed by atoms with E-state index in [1.165, 1.54) is 13.2 Å². The summed E-state index contributed by atoms with van der Waals surface area (Å²) in [4.78, 5) is 22.7. The SMILES string of the molecule is [CH]C(=O)c1cc(C(=O)OC)cc(C(C)(C)C)c1. The van der Waals surface area contributed by atoms with E-state index in [2.05, 4.69) is 4.74 Å². The minimum absolute atomic E-state index is 0.172. The second kappa shape index (κ2) is 4.70. The van der Waals surface area contributed by atoms with E-state index < -0.39 is 11.8 Å². The van der Waals surface area contributed by atoms with E-state index in [-0.39, 0.29) is 5.41 Å². The largest absolute Gasteiger partial charge is 0.465 e. The van der Waals surface area contributed by atoms with Gasteiger partial charge in [-0.1, -0.05) is 20.8 Å². The number of ether oxygens (including phenoxy) is 1. The van der Waals surface area contributed by atoms with Crippen LogP contribution in [-0.2, 0) is 10.2 Å². The number of benzene rings is 1. The lowest BCUT2D eigenvalue weighted by molar-refractivity contribution is 0.0600. The zero-order valence-electron chi connectivity index (χ0n) is 10.5. The zero-order chi connectivity index (χ0) is 13.2. The van der Waals surface area contributed by atoms with Crippen LogP contribution in [0.2, 0.25) is 0 Å². The number of Topliss-reactive ketones (excluding diaryl/α,β-unsaturated/α-hetero) is 1. The van der Waals surface area contributed by atoms with Crippen molar-refractivity contribution in [2.45, 2.75) is 26.2 Å². The summed E-state index contributed by atoms with van der Waals surface area (Å²) in [6, 6.07) is 4.87. The van der Waals surface area contributed by atoms with Crippen molar-refractivity contribution in [2.75, 3.05) is 7.11 Å². The van der Waals surface area contributed by atoms with Crippen molar-refractivity contribution < 1.29 is 14.3 Å². The summed E-state index contributed by atoms with van der Waals surface area (Å²) < 4.78 is 4.65. The predicted octanol–water partition coefficient (Wildman–Crippen LogP) is 2.66. The summed E-state index contributed by atoms with van der Waals surface area (Å²) in [6.45, 7) is 11.2. The first-order valence-electron chi connectivity index (χ1n) is 5.29. The average molecular weight is 232 g/mol. The van der Waals surface area contributed by atoms with Gasteiger partial charge in [-0.25, -0.2) is 4.79 Å². The summed E-state index contributed by atoms with van der Waals surface area (Å²) in [7, 11) is 1.30. The summed E-state index contributed by atoms with van der Waals surface area (Å²) in [5, 5.41) is 0. The highest BCUT2D eigenvalue weighted by Gasteiger charge is 2.18. The summed E-state index contributed by atoms with van der Waals surface area (Å²) >= 11 is 0. The molecule has 1 aromatic rings. The third-order valence-corrected chi connectivity index (χ3v) is 2.50. The van der Waals surface area contributed by atoms with Gasteiger partial charge in [-0.05, 0) is 29.2 Å². The Morgan fingerprint density at radius 2 is 1.65 bits per heavy atom. The molecule has 0 aliphatic heterocycles. The molecule has 2 radical (unpaired) electrons. The number of carbonyl (C=O) groups is 2. The molecule has 0 unspecified atom stereocenters. The van der Waals surface area contributed by atoms with Crippen LogP contribution in [0.5, 0.6) is 0 Å². The molecular formula is C14H16O3. The summed E-state index contributed by atoms with van der Waals surface area (Å²) in [5.74, 6) is -1.03. The molecule has 90 valence electrons. The quantitative estimate of drug-likeness (QED) is 0.581. The molecule has 0 bridgehead atoms. The minimum Gasteiger partial charge on any atom is -0.465 e. The van der Waals surface area contributed by atoms with Gasteiger partial charge in [0.2, 0.25) is 0 Å². The molecule has 1 rings (SSSR count). The van der Waals surface area contributed by atoms with Gasteiger partial charge in [0.15, 0.2) is 5.78 Å². The molecule has 3 nitrogen and oxygen atoms in total. The number of rotatable bonds is 2. The van der Waals surface area contributed by atoms with Gasteiger partial charge in [-0.2, -0.15) is 0 Å². The first-order valence-corrected chi connectivity index (χ1v) is 5.29. The van der Waals surface area contributed by atoms with Crippen molar-refractivity contribution in [1.29, 1.82) is 0 Å². The lowest BCUT2D eigenvalue weighted by Crippen LogP contribution is -2.14. The van der Waals surface area contributed by atoms with Gasteiger partial charge in [0.1, 0.15) is 0 Å². The summed E-state index contributed by atoms with van der Waals surface area (Å²) in [6.07, 6.45) is 0. The van der Waals surface area contributed by atoms with Crippen molar-refractivity contribution in [3.05, 3.63) is 41.8 Å². The van der Waals surface area contributed by atoms with Crippen LogP contribution >= 0.6 is 0 Å². The molecule has 0 heterocycles. The summed E-state index contributed by atoms with van der Waals surface area (Å²) in [5.41, 5.74) is 1.36. The van der Waals surface area contributed by atoms with Crippen LogP contribution < -0.4 is 0 Å². The lowest BCUT2D eigenvalue weighted by atomic mass is 9.84. The van der Waals surface area contributed by atoms with Gasteiger partial charge in [-0.15, -0.1) is 0 Å². The smallest absolute Gasteiger partial charge is 0.337 e. The molecule has 0 spiro atoms. The van der Waals surface area contributed by atoms with Gasteiger partial charge in [0, 0.05) is 12.5 Å². The number of carbonyl (C=O) groups excluding carboxylic acids is 2. The highest BCUT2D eigenvalue weighted by Crippen LogP contribution is 2.25. The van der Waals surface area contributed by atoms with Crippen molar-refractivity contribution >= 4 is 11.8 Å². The van der Waals surface area contributed by atoms with E-state index in [9.17, 15) is 9.59 Å². The van der Waals surface area contributed by atoms with Gasteiger partial charge >= 0.3 is 5.97 Å². The van der Waals surface area contributed by atoms with E-state index >= 15 is 0 Å². The molecule has 17 heavy (non-hydrogen) atoms. The molecule has 0 atom stereocenters. The predicted molar refractivity (Wildman–Crippen MR) is 65.1 cm³/mol. The van der Waals surface area contributed by atoms with Crippen LogP contribution in [0, 0.1) is 6.92 Å². The maximum absolute atomic E-state index is 11.5. The Kier molecular flexibility index (Phi) is 3.71. The first-order chi connectivity index (χ1) is 7.75. The number of methoxy groups -OCH3 is 1. The van der Waals surface area contributed by atoms with Crippen LogP contribution in [-0.4, -0.2) is 18.9 Å². The van der Waals surface area contributed by atoms with Crippen molar-refractivity contribution in [3.63, 3.8) is 0 Å². The zero-order valence-corrected chi connectivity index (χ0v) is 10.5. The van der Waals surface area contributed by atoms with E-state index in [1.54, 1.807) is 12.1 Å². The van der Waals surface area contributed by atoms with Gasteiger partial charge in [0.05, 0.1) is 12.7 Å². The lowest BCUT2D eigenvalue weighted by Gasteiger charge is -2.20. The maximum Gasteiger partial charge on any atom is 0.337 e. The van der Waals surface area contributed by atoms with Crippen LogP contribution in [0.25, 0.3) is 0 Å². The molecule has 0 saturated heterocycles. The van der Waals surface area contributed by atoms with Crippen LogP contribution in [0.4, 0.5) is 0 Å². The molecule has 0 N–H and O–H groups in total. The van der Waals surface area contributed by atoms with Crippen molar-refractivity contribution in [1.82, 2.24) is 0 Å². The number of hydrogen-bond acceptors (Lipinski definition) is 3. The maximum atomic E-state index is 11.5. The van der Waals surface area contributed by atoms with E-state index in [0.717, 1.165) is 5.56 Å². The average Bonchev–Trinajstić information content (AvgIpc) is 2.26. The number of ketones is 1. The molecule has 1 aromatic carbocycles. The molecule has 0 aliphatic carbocycles. The Balaban J connectivity index is 3.39. The molecule has 0 amide bonds. The molecule has 0 aromatic heterocycles. The Morgan fingerprint density at radius 3 is 2.06 bits per heavy atom. The van der Waals surface area contributed by atoms with Crippen molar-refractivity contribution in [2.24, 2.45) is 0 Å². The topological polar surface area (TPSA) is 43.4 Å². The monoisotopic (exact) mass is 232 g/mol. The van der Waals surface area contributed by atoms with E-state index in [4.69, 9.17) is 6.92 Å². The van der Waals surface area contributed by atoms with E-state index in [0.29, 0.717) is 11.1 Å². The van der Waals surface area contributed by atoms with Gasteiger partial charge < -0.3 is 4.74 Å². The number of hydrogen-bond donors (Lipinski definition) is 0. The third-order valence-electron chi connectivity index (χ3n) is 2.50. The fraction of sp³-hybridized carbons (Fsp3) is 0.357. The van der Waals surface area contributed by atoms with Crippen LogP contribution in [0.1, 0.15) is 47.1 Å². The minimum atomic E-state index is -0.554. The normalized spacial score (nSPS) is 11.1. The Bertz CT molecular complexity index is 453. The van der Waals surface area contributed by atoms with Crippen LogP contribution in [0.3, 0.4) is 0 Å². The number of esters is 1. The fourth-order valence-corrected chi connectivity index (χ4v) is 1.44. The van der Waals surface area contributed by atoms with Gasteiger partial charge in [-0.3, -0.25) is 4.79 Å². The van der Waals surface area contributed by atoms with Gasteiger partial charge in [0.25, 0.3) is 0 Å². The van der Waals surface area contributed by atoms with Crippen LogP contribution in [0.15, 0.2) is 18.2 Å². The highest BCUT2D eigenvalue weighted by molar-refractivity contribution is 6.01. The molecule has 0 fully saturated rings. The molecular weight excluding hydrogens is 216 g/mol. The third kappa shape index (κ3) is 3.16. The standard InChI is InChI=1S/C14H16O3/c1-9(15)10-6-11(13(16)17-5)8-12(7-10)14(2,3)4/h1,6-8H,2-5H3.